The molecule has 0 spiro atoms. The molecule has 2 aromatic carbocycles. The van der Waals surface area contributed by atoms with Gasteiger partial charge in [-0.1, -0.05) is 54.6 Å². The van der Waals surface area contributed by atoms with Crippen LogP contribution >= 0.6 is 0 Å². The van der Waals surface area contributed by atoms with E-state index in [1.807, 2.05) is 0 Å². The van der Waals surface area contributed by atoms with Crippen molar-refractivity contribution in [3.63, 3.8) is 0 Å². The molecule has 21 heavy (non-hydrogen) atoms. The van der Waals surface area contributed by atoms with Gasteiger partial charge in [-0.25, -0.2) is 0 Å². The first kappa shape index (κ1) is 13.1. The molecule has 1 saturated heterocycles. The molecule has 0 N–H and O–H groups in total. The van der Waals surface area contributed by atoms with Crippen LogP contribution in [0, 0.1) is 5.92 Å². The molecule has 1 fully saturated rings. The fraction of sp³-hybridized carbons (Fsp3) is 0.400. The third-order valence-electron chi connectivity index (χ3n) is 5.29. The van der Waals surface area contributed by atoms with E-state index in [1.165, 1.54) is 37.8 Å². The van der Waals surface area contributed by atoms with Gasteiger partial charge in [0, 0.05) is 12.6 Å². The molecule has 1 heterocycles. The Morgan fingerprint density at radius 3 is 2.38 bits per heavy atom. The average molecular weight is 277 g/mol. The van der Waals surface area contributed by atoms with Crippen LogP contribution in [0.2, 0.25) is 0 Å². The first-order valence-electron chi connectivity index (χ1n) is 8.25. The summed E-state index contributed by atoms with van der Waals surface area (Å²) in [5.41, 5.74) is 4.64. The first-order chi connectivity index (χ1) is 10.4. The minimum atomic E-state index is 0.744. The highest BCUT2D eigenvalue weighted by Crippen LogP contribution is 2.35. The van der Waals surface area contributed by atoms with Crippen LogP contribution in [0.4, 0.5) is 0 Å². The summed E-state index contributed by atoms with van der Waals surface area (Å²) in [6, 6.07) is 20.8. The molecular formula is C20H23N. The minimum Gasteiger partial charge on any atom is -0.296 e. The maximum Gasteiger partial charge on any atom is 0.0236 e. The number of benzene rings is 2. The van der Waals surface area contributed by atoms with E-state index >= 15 is 0 Å². The van der Waals surface area contributed by atoms with Crippen molar-refractivity contribution in [1.82, 2.24) is 4.90 Å². The van der Waals surface area contributed by atoms with Crippen LogP contribution in [-0.4, -0.2) is 17.5 Å². The van der Waals surface area contributed by atoms with E-state index in [2.05, 4.69) is 59.5 Å². The number of nitrogens with zero attached hydrogens (tertiary/aromatic N) is 1. The molecule has 0 saturated carbocycles. The minimum absolute atomic E-state index is 0.744. The van der Waals surface area contributed by atoms with Crippen LogP contribution in [-0.2, 0) is 19.4 Å². The first-order valence-corrected chi connectivity index (χ1v) is 8.25. The highest BCUT2D eigenvalue weighted by Gasteiger charge is 2.35. The normalized spacial score (nSPS) is 25.1. The number of hydrogen-bond acceptors (Lipinski definition) is 1. The highest BCUT2D eigenvalue weighted by molar-refractivity contribution is 5.31. The van der Waals surface area contributed by atoms with E-state index in [9.17, 15) is 0 Å². The molecule has 2 atom stereocenters. The van der Waals surface area contributed by atoms with E-state index in [1.54, 1.807) is 11.1 Å². The fourth-order valence-corrected chi connectivity index (χ4v) is 4.22. The van der Waals surface area contributed by atoms with E-state index in [0.717, 1.165) is 18.5 Å². The van der Waals surface area contributed by atoms with E-state index in [4.69, 9.17) is 0 Å². The maximum absolute atomic E-state index is 2.74. The second kappa shape index (κ2) is 5.65. The van der Waals surface area contributed by atoms with Gasteiger partial charge in [0.1, 0.15) is 0 Å². The van der Waals surface area contributed by atoms with E-state index < -0.39 is 0 Å². The Balaban J connectivity index is 1.57. The van der Waals surface area contributed by atoms with Crippen molar-refractivity contribution in [3.8, 4) is 0 Å². The smallest absolute Gasteiger partial charge is 0.0236 e. The molecule has 2 aliphatic rings. The molecule has 1 aliphatic heterocycles. The zero-order chi connectivity index (χ0) is 14.1. The third-order valence-corrected chi connectivity index (χ3v) is 5.29. The van der Waals surface area contributed by atoms with E-state index in [0.29, 0.717) is 0 Å². The lowest BCUT2D eigenvalue weighted by Crippen LogP contribution is -2.48. The lowest BCUT2D eigenvalue weighted by atomic mass is 9.75. The summed E-state index contributed by atoms with van der Waals surface area (Å²) >= 11 is 0. The Bertz CT molecular complexity index is 604. The predicted molar refractivity (Wildman–Crippen MR) is 87.2 cm³/mol. The van der Waals surface area contributed by atoms with Crippen molar-refractivity contribution in [2.45, 2.75) is 38.3 Å². The summed E-state index contributed by atoms with van der Waals surface area (Å²) in [6.45, 7) is 2.38. The Labute approximate surface area is 127 Å². The predicted octanol–water partition coefficient (Wildman–Crippen LogP) is 4.07. The van der Waals surface area contributed by atoms with E-state index in [-0.39, 0.29) is 0 Å². The van der Waals surface area contributed by atoms with Crippen LogP contribution in [0.1, 0.15) is 29.5 Å². The topological polar surface area (TPSA) is 3.24 Å². The van der Waals surface area contributed by atoms with Crippen molar-refractivity contribution in [2.75, 3.05) is 6.54 Å². The molecule has 1 nitrogen and oxygen atoms in total. The number of hydrogen-bond donors (Lipinski definition) is 0. The van der Waals surface area contributed by atoms with Crippen molar-refractivity contribution < 1.29 is 0 Å². The van der Waals surface area contributed by atoms with Gasteiger partial charge in [0.05, 0.1) is 0 Å². The molecule has 0 aromatic heterocycles. The van der Waals surface area contributed by atoms with Gasteiger partial charge in [-0.15, -0.1) is 0 Å². The average Bonchev–Trinajstić information content (AvgIpc) is 2.54. The quantitative estimate of drug-likeness (QED) is 0.800. The molecule has 108 valence electrons. The van der Waals surface area contributed by atoms with Crippen LogP contribution in [0.25, 0.3) is 0 Å². The summed E-state index contributed by atoms with van der Waals surface area (Å²) in [6.07, 6.45) is 5.29. The summed E-state index contributed by atoms with van der Waals surface area (Å²) in [5, 5.41) is 0. The Hall–Kier alpha value is -1.60. The Morgan fingerprint density at radius 1 is 0.857 bits per heavy atom. The molecule has 1 aliphatic carbocycles. The van der Waals surface area contributed by atoms with Crippen molar-refractivity contribution in [2.24, 2.45) is 5.92 Å². The highest BCUT2D eigenvalue weighted by atomic mass is 15.2. The van der Waals surface area contributed by atoms with Crippen LogP contribution in [0.15, 0.2) is 54.6 Å². The summed E-state index contributed by atoms with van der Waals surface area (Å²) in [5.74, 6) is 0.859. The molecule has 0 unspecified atom stereocenters. The van der Waals surface area contributed by atoms with Gasteiger partial charge in [-0.3, -0.25) is 4.90 Å². The lowest BCUT2D eigenvalue weighted by Gasteiger charge is -2.44. The number of fused-ring (bicyclic) bond motifs is 2. The van der Waals surface area contributed by atoms with Crippen LogP contribution in [0.3, 0.4) is 0 Å². The summed E-state index contributed by atoms with van der Waals surface area (Å²) in [7, 11) is 0. The molecule has 0 bridgehead atoms. The molecule has 0 amide bonds. The fourth-order valence-electron chi connectivity index (χ4n) is 4.22. The molecular weight excluding hydrogens is 254 g/mol. The molecule has 1 heteroatoms. The Kier molecular flexibility index (Phi) is 3.52. The van der Waals surface area contributed by atoms with Gasteiger partial charge >= 0.3 is 0 Å². The summed E-state index contributed by atoms with van der Waals surface area (Å²) < 4.78 is 0. The van der Waals surface area contributed by atoms with Gasteiger partial charge in [0.25, 0.3) is 0 Å². The molecule has 2 aromatic rings. The summed E-state index contributed by atoms with van der Waals surface area (Å²) in [4.78, 5) is 2.74. The standard InChI is InChI=1S/C20H23N/c1-2-7-16(8-3-1)15-21-12-6-11-19-13-17-9-4-5-10-18(17)14-20(19)21/h1-5,7-10,19-20H,6,11-15H2/t19-,20+/m0/s1. The largest absolute Gasteiger partial charge is 0.296 e. The molecule has 4 rings (SSSR count). The number of rotatable bonds is 2. The Morgan fingerprint density at radius 2 is 1.57 bits per heavy atom. The SMILES string of the molecule is c1ccc(CN2CCC[C@H]3Cc4ccccc4C[C@H]32)cc1. The van der Waals surface area contributed by atoms with Gasteiger partial charge in [-0.05, 0) is 54.8 Å². The van der Waals surface area contributed by atoms with Crippen molar-refractivity contribution >= 4 is 0 Å². The third kappa shape index (κ3) is 2.63. The van der Waals surface area contributed by atoms with Gasteiger partial charge in [-0.2, -0.15) is 0 Å². The van der Waals surface area contributed by atoms with Crippen LogP contribution in [0.5, 0.6) is 0 Å². The van der Waals surface area contributed by atoms with Gasteiger partial charge < -0.3 is 0 Å². The second-order valence-corrected chi connectivity index (χ2v) is 6.60. The maximum atomic E-state index is 2.74. The lowest BCUT2D eigenvalue weighted by molar-refractivity contribution is 0.0784. The molecule has 0 radical (unpaired) electrons. The van der Waals surface area contributed by atoms with Gasteiger partial charge in [0.15, 0.2) is 0 Å². The number of piperidine rings is 1. The van der Waals surface area contributed by atoms with Crippen molar-refractivity contribution in [1.29, 1.82) is 0 Å². The van der Waals surface area contributed by atoms with Gasteiger partial charge in [0.2, 0.25) is 0 Å². The second-order valence-electron chi connectivity index (χ2n) is 6.60. The zero-order valence-corrected chi connectivity index (χ0v) is 12.5. The zero-order valence-electron chi connectivity index (χ0n) is 12.5. The monoisotopic (exact) mass is 277 g/mol. The van der Waals surface area contributed by atoms with Crippen molar-refractivity contribution in [3.05, 3.63) is 71.3 Å². The van der Waals surface area contributed by atoms with Crippen LogP contribution < -0.4 is 0 Å². The number of likely N-dealkylation sites (tertiary alicyclic amines) is 1.